The van der Waals surface area contributed by atoms with Gasteiger partial charge in [-0.2, -0.15) is 4.98 Å². The van der Waals surface area contributed by atoms with Crippen molar-refractivity contribution in [3.05, 3.63) is 15.9 Å². The van der Waals surface area contributed by atoms with Gasteiger partial charge in [0, 0.05) is 6.54 Å². The number of nitrogens with zero attached hydrogens (tertiary/aromatic N) is 3. The summed E-state index contributed by atoms with van der Waals surface area (Å²) in [6.45, 7) is 6.52. The maximum atomic E-state index is 11.1. The van der Waals surface area contributed by atoms with E-state index in [1.165, 1.54) is 0 Å². The highest BCUT2D eigenvalue weighted by Gasteiger charge is 2.25. The van der Waals surface area contributed by atoms with E-state index in [1.807, 2.05) is 0 Å². The SMILES string of the molecule is CCCCCNc1nc(C)nc(OCC)c1[N+](=O)[O-]. The third-order valence-corrected chi connectivity index (χ3v) is 2.50. The van der Waals surface area contributed by atoms with Crippen LogP contribution in [0.4, 0.5) is 11.5 Å². The van der Waals surface area contributed by atoms with Crippen LogP contribution in [0.1, 0.15) is 38.9 Å². The van der Waals surface area contributed by atoms with Crippen LogP contribution in [-0.4, -0.2) is 28.0 Å². The number of anilines is 1. The number of hydrogen-bond donors (Lipinski definition) is 1. The Morgan fingerprint density at radius 3 is 2.63 bits per heavy atom. The second kappa shape index (κ2) is 7.50. The number of aromatic nitrogens is 2. The highest BCUT2D eigenvalue weighted by atomic mass is 16.6. The summed E-state index contributed by atoms with van der Waals surface area (Å²) in [7, 11) is 0. The maximum Gasteiger partial charge on any atom is 0.372 e. The number of ether oxygens (including phenoxy) is 1. The van der Waals surface area contributed by atoms with E-state index in [1.54, 1.807) is 13.8 Å². The lowest BCUT2D eigenvalue weighted by atomic mass is 10.2. The van der Waals surface area contributed by atoms with E-state index in [0.29, 0.717) is 19.0 Å². The van der Waals surface area contributed by atoms with Crippen molar-refractivity contribution >= 4 is 11.5 Å². The number of nitrogens with one attached hydrogen (secondary N) is 1. The van der Waals surface area contributed by atoms with Crippen LogP contribution in [0.2, 0.25) is 0 Å². The second-order valence-electron chi connectivity index (χ2n) is 4.10. The van der Waals surface area contributed by atoms with E-state index in [0.717, 1.165) is 19.3 Å². The average Bonchev–Trinajstić information content (AvgIpc) is 2.34. The van der Waals surface area contributed by atoms with Crippen LogP contribution >= 0.6 is 0 Å². The van der Waals surface area contributed by atoms with Gasteiger partial charge < -0.3 is 10.1 Å². The first-order chi connectivity index (χ1) is 9.10. The summed E-state index contributed by atoms with van der Waals surface area (Å²) in [5.74, 6) is 0.710. The van der Waals surface area contributed by atoms with Crippen molar-refractivity contribution in [2.45, 2.75) is 40.0 Å². The van der Waals surface area contributed by atoms with Crippen molar-refractivity contribution in [2.24, 2.45) is 0 Å². The summed E-state index contributed by atoms with van der Waals surface area (Å²) in [4.78, 5) is 18.7. The van der Waals surface area contributed by atoms with Crippen molar-refractivity contribution in [1.29, 1.82) is 0 Å². The van der Waals surface area contributed by atoms with Gasteiger partial charge in [-0.1, -0.05) is 19.8 Å². The first-order valence-corrected chi connectivity index (χ1v) is 6.49. The van der Waals surface area contributed by atoms with Crippen LogP contribution in [0, 0.1) is 17.0 Å². The number of unbranched alkanes of at least 4 members (excludes halogenated alkanes) is 2. The molecule has 0 spiro atoms. The molecule has 0 aromatic carbocycles. The molecule has 1 heterocycles. The molecule has 0 saturated heterocycles. The van der Waals surface area contributed by atoms with Crippen molar-refractivity contribution in [3.63, 3.8) is 0 Å². The van der Waals surface area contributed by atoms with Crippen LogP contribution in [-0.2, 0) is 0 Å². The minimum absolute atomic E-state index is 0.0259. The molecule has 106 valence electrons. The van der Waals surface area contributed by atoms with Crippen molar-refractivity contribution in [2.75, 3.05) is 18.5 Å². The summed E-state index contributed by atoms with van der Waals surface area (Å²) in [5.41, 5.74) is -0.191. The summed E-state index contributed by atoms with van der Waals surface area (Å²) < 4.78 is 5.21. The minimum atomic E-state index is -0.507. The van der Waals surface area contributed by atoms with Gasteiger partial charge in [-0.05, 0) is 20.3 Å². The van der Waals surface area contributed by atoms with E-state index >= 15 is 0 Å². The number of rotatable bonds is 8. The van der Waals surface area contributed by atoms with E-state index in [2.05, 4.69) is 22.2 Å². The van der Waals surface area contributed by atoms with Gasteiger partial charge in [0.1, 0.15) is 5.82 Å². The fourth-order valence-corrected chi connectivity index (χ4v) is 1.65. The third-order valence-electron chi connectivity index (χ3n) is 2.50. The molecule has 1 N–H and O–H groups in total. The third kappa shape index (κ3) is 4.35. The summed E-state index contributed by atoms with van der Waals surface area (Å²) in [6, 6.07) is 0. The molecule has 0 aliphatic rings. The summed E-state index contributed by atoms with van der Waals surface area (Å²) in [6.07, 6.45) is 3.11. The van der Waals surface area contributed by atoms with Gasteiger partial charge in [0.15, 0.2) is 0 Å². The topological polar surface area (TPSA) is 90.2 Å². The molecule has 7 heteroatoms. The highest BCUT2D eigenvalue weighted by Crippen LogP contribution is 2.31. The molecule has 1 aromatic rings. The lowest BCUT2D eigenvalue weighted by Crippen LogP contribution is -2.10. The van der Waals surface area contributed by atoms with E-state index in [4.69, 9.17) is 4.74 Å². The summed E-state index contributed by atoms with van der Waals surface area (Å²) >= 11 is 0. The molecule has 0 bridgehead atoms. The minimum Gasteiger partial charge on any atom is -0.473 e. The Hall–Kier alpha value is -1.92. The Balaban J connectivity index is 2.96. The molecule has 0 aliphatic heterocycles. The van der Waals surface area contributed by atoms with Crippen molar-refractivity contribution in [3.8, 4) is 5.88 Å². The zero-order valence-corrected chi connectivity index (χ0v) is 11.6. The zero-order valence-electron chi connectivity index (χ0n) is 11.6. The van der Waals surface area contributed by atoms with Gasteiger partial charge in [0.05, 0.1) is 11.5 Å². The normalized spacial score (nSPS) is 10.3. The molecule has 0 atom stereocenters. The van der Waals surface area contributed by atoms with Crippen LogP contribution in [0.25, 0.3) is 0 Å². The van der Waals surface area contributed by atoms with Gasteiger partial charge in [-0.3, -0.25) is 10.1 Å². The van der Waals surface area contributed by atoms with Gasteiger partial charge in [-0.15, -0.1) is 0 Å². The molecular formula is C12H20N4O3. The molecule has 0 fully saturated rings. The zero-order chi connectivity index (χ0) is 14.3. The van der Waals surface area contributed by atoms with Crippen LogP contribution in [0.5, 0.6) is 5.88 Å². The van der Waals surface area contributed by atoms with Crippen molar-refractivity contribution < 1.29 is 9.66 Å². The Labute approximate surface area is 112 Å². The molecular weight excluding hydrogens is 248 g/mol. The Bertz CT molecular complexity index is 437. The van der Waals surface area contributed by atoms with Gasteiger partial charge >= 0.3 is 5.69 Å². The first kappa shape index (κ1) is 15.1. The number of nitro groups is 1. The van der Waals surface area contributed by atoms with Crippen molar-refractivity contribution in [1.82, 2.24) is 9.97 Å². The lowest BCUT2D eigenvalue weighted by molar-refractivity contribution is -0.385. The standard InChI is InChI=1S/C12H20N4O3/c1-4-6-7-8-13-11-10(16(17)18)12(19-5-2)15-9(3)14-11/h4-8H2,1-3H3,(H,13,14,15). The second-order valence-corrected chi connectivity index (χ2v) is 4.10. The number of aryl methyl sites for hydroxylation is 1. The predicted octanol–water partition coefficient (Wildman–Crippen LogP) is 2.69. The van der Waals surface area contributed by atoms with Crippen LogP contribution < -0.4 is 10.1 Å². The maximum absolute atomic E-state index is 11.1. The monoisotopic (exact) mass is 268 g/mol. The molecule has 0 aliphatic carbocycles. The van der Waals surface area contributed by atoms with E-state index < -0.39 is 4.92 Å². The summed E-state index contributed by atoms with van der Waals surface area (Å²) in [5, 5.41) is 14.1. The van der Waals surface area contributed by atoms with Gasteiger partial charge in [0.25, 0.3) is 5.88 Å². The molecule has 0 unspecified atom stereocenters. The molecule has 0 saturated carbocycles. The number of hydrogen-bond acceptors (Lipinski definition) is 6. The Kier molecular flexibility index (Phi) is 5.98. The molecule has 7 nitrogen and oxygen atoms in total. The fourth-order valence-electron chi connectivity index (χ4n) is 1.65. The molecule has 0 amide bonds. The quantitative estimate of drug-likeness (QED) is 0.443. The fraction of sp³-hybridized carbons (Fsp3) is 0.667. The lowest BCUT2D eigenvalue weighted by Gasteiger charge is -2.09. The van der Waals surface area contributed by atoms with Crippen LogP contribution in [0.15, 0.2) is 0 Å². The van der Waals surface area contributed by atoms with Gasteiger partial charge in [-0.25, -0.2) is 4.98 Å². The predicted molar refractivity (Wildman–Crippen MR) is 72.6 cm³/mol. The van der Waals surface area contributed by atoms with Crippen LogP contribution in [0.3, 0.4) is 0 Å². The molecule has 19 heavy (non-hydrogen) atoms. The smallest absolute Gasteiger partial charge is 0.372 e. The first-order valence-electron chi connectivity index (χ1n) is 6.49. The Morgan fingerprint density at radius 2 is 2.05 bits per heavy atom. The van der Waals surface area contributed by atoms with E-state index in [9.17, 15) is 10.1 Å². The largest absolute Gasteiger partial charge is 0.473 e. The highest BCUT2D eigenvalue weighted by molar-refractivity contribution is 5.61. The van der Waals surface area contributed by atoms with Gasteiger partial charge in [0.2, 0.25) is 5.82 Å². The molecule has 1 rings (SSSR count). The molecule has 0 radical (unpaired) electrons. The average molecular weight is 268 g/mol. The van der Waals surface area contributed by atoms with E-state index in [-0.39, 0.29) is 17.4 Å². The molecule has 1 aromatic heterocycles. The Morgan fingerprint density at radius 1 is 1.32 bits per heavy atom.